The number of allylic oxidation sites excluding steroid dienone is 1. The smallest absolute Gasteiger partial charge is 0.269 e. The molecule has 0 aliphatic carbocycles. The third-order valence-electron chi connectivity index (χ3n) is 4.96. The molecule has 9 nitrogen and oxygen atoms in total. The number of thioether (sulfide) groups is 1. The van der Waals surface area contributed by atoms with Crippen LogP contribution in [0.3, 0.4) is 0 Å². The first-order valence-electron chi connectivity index (χ1n) is 10.2. The molecule has 0 spiro atoms. The van der Waals surface area contributed by atoms with Crippen LogP contribution in [-0.4, -0.2) is 31.3 Å². The number of non-ortho nitro benzene ring substituents is 1. The Morgan fingerprint density at radius 1 is 1.22 bits per heavy atom. The lowest BCUT2D eigenvalue weighted by Gasteiger charge is -2.28. The summed E-state index contributed by atoms with van der Waals surface area (Å²) in [7, 11) is 0. The number of hydrogen-bond acceptors (Lipinski definition) is 7. The molecule has 1 aliphatic heterocycles. The number of nitro benzene ring substituents is 1. The molecule has 2 aromatic carbocycles. The van der Waals surface area contributed by atoms with Crippen LogP contribution >= 0.6 is 11.8 Å². The van der Waals surface area contributed by atoms with Crippen LogP contribution in [0.2, 0.25) is 0 Å². The van der Waals surface area contributed by atoms with Crippen molar-refractivity contribution in [2.75, 3.05) is 16.4 Å². The number of fused-ring (bicyclic) bond motifs is 1. The van der Waals surface area contributed by atoms with Gasteiger partial charge in [-0.3, -0.25) is 14.9 Å². The van der Waals surface area contributed by atoms with Gasteiger partial charge in [0.15, 0.2) is 0 Å². The van der Waals surface area contributed by atoms with E-state index in [1.165, 1.54) is 23.9 Å². The fourth-order valence-electron chi connectivity index (χ4n) is 3.49. The number of rotatable bonds is 7. The lowest BCUT2D eigenvalue weighted by molar-refractivity contribution is -0.384. The molecule has 10 heteroatoms. The highest BCUT2D eigenvalue weighted by Gasteiger charge is 2.34. The number of nitrogens with zero attached hydrogens (tertiary/aromatic N) is 4. The second-order valence-corrected chi connectivity index (χ2v) is 8.31. The van der Waals surface area contributed by atoms with Gasteiger partial charge in [0.05, 0.1) is 10.5 Å². The van der Waals surface area contributed by atoms with E-state index in [0.29, 0.717) is 33.6 Å². The molecule has 2 heterocycles. The quantitative estimate of drug-likeness (QED) is 0.307. The third-order valence-corrected chi connectivity index (χ3v) is 6.01. The molecule has 0 radical (unpaired) electrons. The summed E-state index contributed by atoms with van der Waals surface area (Å²) in [5.41, 5.74) is 2.47. The van der Waals surface area contributed by atoms with E-state index in [-0.39, 0.29) is 11.6 Å². The van der Waals surface area contributed by atoms with Gasteiger partial charge in [0, 0.05) is 29.3 Å². The number of aromatic nitrogens is 3. The summed E-state index contributed by atoms with van der Waals surface area (Å²) in [5, 5.41) is 22.5. The maximum absolute atomic E-state index is 13.3. The van der Waals surface area contributed by atoms with Crippen molar-refractivity contribution in [1.29, 1.82) is 0 Å². The monoisotopic (exact) mass is 450 g/mol. The van der Waals surface area contributed by atoms with Crippen molar-refractivity contribution >= 4 is 35.0 Å². The number of nitrogens with one attached hydrogen (secondary N) is 2. The van der Waals surface area contributed by atoms with Gasteiger partial charge in [-0.15, -0.1) is 5.10 Å². The molecule has 4 rings (SSSR count). The Kier molecular flexibility index (Phi) is 6.22. The summed E-state index contributed by atoms with van der Waals surface area (Å²) >= 11 is 1.54. The van der Waals surface area contributed by atoms with Crippen molar-refractivity contribution in [2.24, 2.45) is 0 Å². The van der Waals surface area contributed by atoms with Crippen LogP contribution in [0, 0.1) is 10.1 Å². The summed E-state index contributed by atoms with van der Waals surface area (Å²) in [4.78, 5) is 28.6. The van der Waals surface area contributed by atoms with E-state index in [9.17, 15) is 14.9 Å². The number of carbonyl (C=O) groups excluding carboxylic acids is 1. The van der Waals surface area contributed by atoms with Gasteiger partial charge in [-0.1, -0.05) is 36.9 Å². The van der Waals surface area contributed by atoms with Crippen molar-refractivity contribution in [2.45, 2.75) is 31.5 Å². The van der Waals surface area contributed by atoms with Gasteiger partial charge >= 0.3 is 0 Å². The summed E-state index contributed by atoms with van der Waals surface area (Å²) in [5.74, 6) is 1.12. The molecule has 1 amide bonds. The lowest BCUT2D eigenvalue weighted by atomic mass is 9.95. The van der Waals surface area contributed by atoms with Gasteiger partial charge in [0.1, 0.15) is 6.04 Å². The van der Waals surface area contributed by atoms with Crippen LogP contribution in [0.4, 0.5) is 17.3 Å². The SMILES string of the molecule is CCCSc1nc2n(n1)C(c1ccc([N+](=O)[O-])cc1)C(C(=O)Nc1ccccc1)=C(C)N2. The zero-order valence-corrected chi connectivity index (χ0v) is 18.4. The highest BCUT2D eigenvalue weighted by Crippen LogP contribution is 2.37. The normalized spacial score (nSPS) is 15.1. The maximum atomic E-state index is 13.3. The van der Waals surface area contributed by atoms with Crippen molar-refractivity contribution < 1.29 is 9.72 Å². The van der Waals surface area contributed by atoms with Gasteiger partial charge in [-0.25, -0.2) is 4.68 Å². The number of carbonyl (C=O) groups is 1. The summed E-state index contributed by atoms with van der Waals surface area (Å²) < 4.78 is 1.67. The second-order valence-electron chi connectivity index (χ2n) is 7.25. The lowest BCUT2D eigenvalue weighted by Crippen LogP contribution is -2.31. The zero-order chi connectivity index (χ0) is 22.7. The molecule has 1 unspecified atom stereocenters. The van der Waals surface area contributed by atoms with E-state index in [1.807, 2.05) is 37.3 Å². The van der Waals surface area contributed by atoms with Gasteiger partial charge < -0.3 is 10.6 Å². The predicted octanol–water partition coefficient (Wildman–Crippen LogP) is 4.62. The van der Waals surface area contributed by atoms with Gasteiger partial charge in [0.2, 0.25) is 11.1 Å². The van der Waals surface area contributed by atoms with E-state index < -0.39 is 11.0 Å². The summed E-state index contributed by atoms with van der Waals surface area (Å²) in [6.07, 6.45) is 0.982. The molecule has 0 saturated carbocycles. The molecule has 32 heavy (non-hydrogen) atoms. The van der Waals surface area contributed by atoms with Crippen LogP contribution in [-0.2, 0) is 4.79 Å². The van der Waals surface area contributed by atoms with Crippen LogP contribution in [0.5, 0.6) is 0 Å². The number of hydrogen-bond donors (Lipinski definition) is 2. The first-order chi connectivity index (χ1) is 15.5. The highest BCUT2D eigenvalue weighted by molar-refractivity contribution is 7.99. The zero-order valence-electron chi connectivity index (χ0n) is 17.6. The Hall–Kier alpha value is -3.66. The maximum Gasteiger partial charge on any atom is 0.269 e. The Balaban J connectivity index is 1.76. The molecule has 1 aliphatic rings. The molecule has 3 aromatic rings. The fraction of sp³-hybridized carbons (Fsp3) is 0.227. The molecule has 1 atom stereocenters. The standard InChI is InChI=1S/C22H22N6O3S/c1-3-13-32-22-25-21-23-14(2)18(20(29)24-16-7-5-4-6-8-16)19(27(21)26-22)15-9-11-17(12-10-15)28(30)31/h4-12,19H,3,13H2,1-2H3,(H,24,29)(H,23,25,26). The molecular weight excluding hydrogens is 428 g/mol. The fourth-order valence-corrected chi connectivity index (χ4v) is 4.17. The Morgan fingerprint density at radius 2 is 1.94 bits per heavy atom. The van der Waals surface area contributed by atoms with Gasteiger partial charge in [-0.2, -0.15) is 4.98 Å². The van der Waals surface area contributed by atoms with Crippen LogP contribution in [0.15, 0.2) is 71.0 Å². The minimum atomic E-state index is -0.584. The largest absolute Gasteiger partial charge is 0.328 e. The Morgan fingerprint density at radius 3 is 2.59 bits per heavy atom. The number of anilines is 2. The van der Waals surface area contributed by atoms with Crippen LogP contribution in [0.25, 0.3) is 0 Å². The summed E-state index contributed by atoms with van der Waals surface area (Å²) in [6.45, 7) is 3.90. The first-order valence-corrected chi connectivity index (χ1v) is 11.1. The predicted molar refractivity (Wildman–Crippen MR) is 124 cm³/mol. The van der Waals surface area contributed by atoms with E-state index in [0.717, 1.165) is 12.2 Å². The van der Waals surface area contributed by atoms with Crippen LogP contribution in [0.1, 0.15) is 31.9 Å². The minimum Gasteiger partial charge on any atom is -0.328 e. The molecule has 0 bridgehead atoms. The minimum absolute atomic E-state index is 0.0170. The van der Waals surface area contributed by atoms with Crippen molar-refractivity contribution in [3.05, 3.63) is 81.5 Å². The van der Waals surface area contributed by atoms with E-state index in [4.69, 9.17) is 0 Å². The Labute approximate surface area is 189 Å². The average molecular weight is 451 g/mol. The first kappa shape index (κ1) is 21.6. The molecule has 0 saturated heterocycles. The van der Waals surface area contributed by atoms with Gasteiger partial charge in [-0.05, 0) is 43.2 Å². The van der Waals surface area contributed by atoms with E-state index in [2.05, 4.69) is 27.6 Å². The second kappa shape index (κ2) is 9.23. The molecule has 164 valence electrons. The average Bonchev–Trinajstić information content (AvgIpc) is 3.19. The van der Waals surface area contributed by atoms with Crippen molar-refractivity contribution in [1.82, 2.24) is 14.8 Å². The summed E-state index contributed by atoms with van der Waals surface area (Å²) in [6, 6.07) is 14.8. The molecule has 2 N–H and O–H groups in total. The molecule has 0 fully saturated rings. The molecule has 1 aromatic heterocycles. The topological polar surface area (TPSA) is 115 Å². The van der Waals surface area contributed by atoms with Gasteiger partial charge in [0.25, 0.3) is 11.6 Å². The number of para-hydroxylation sites is 1. The van der Waals surface area contributed by atoms with Crippen LogP contribution < -0.4 is 10.6 Å². The third kappa shape index (κ3) is 4.35. The number of amides is 1. The highest BCUT2D eigenvalue weighted by atomic mass is 32.2. The van der Waals surface area contributed by atoms with Crippen molar-refractivity contribution in [3.63, 3.8) is 0 Å². The number of benzene rings is 2. The van der Waals surface area contributed by atoms with E-state index >= 15 is 0 Å². The van der Waals surface area contributed by atoms with E-state index in [1.54, 1.807) is 16.8 Å². The molecular formula is C22H22N6O3S. The Bertz CT molecular complexity index is 1170. The number of nitro groups is 1. The van der Waals surface area contributed by atoms with Crippen molar-refractivity contribution in [3.8, 4) is 0 Å².